The van der Waals surface area contributed by atoms with Crippen LogP contribution in [0.1, 0.15) is 38.5 Å². The fourth-order valence-electron chi connectivity index (χ4n) is 4.55. The van der Waals surface area contributed by atoms with Gasteiger partial charge in [0.2, 0.25) is 0 Å². The highest BCUT2D eigenvalue weighted by atomic mass is 35.5. The van der Waals surface area contributed by atoms with Crippen LogP contribution in [0.15, 0.2) is 24.5 Å². The third-order valence-corrected chi connectivity index (χ3v) is 6.85. The molecule has 9 heteroatoms. The monoisotopic (exact) mass is 474 g/mol. The number of hydrogen-bond acceptors (Lipinski definition) is 8. The van der Waals surface area contributed by atoms with E-state index in [1.165, 1.54) is 0 Å². The van der Waals surface area contributed by atoms with E-state index in [9.17, 15) is 0 Å². The van der Waals surface area contributed by atoms with Crippen LogP contribution in [-0.4, -0.2) is 67.3 Å². The lowest BCUT2D eigenvalue weighted by atomic mass is 9.91. The molecule has 0 radical (unpaired) electrons. The minimum Gasteiger partial charge on any atom is -0.383 e. The van der Waals surface area contributed by atoms with Gasteiger partial charge < -0.3 is 25.4 Å². The van der Waals surface area contributed by atoms with E-state index in [2.05, 4.69) is 31.1 Å². The van der Waals surface area contributed by atoms with Crippen molar-refractivity contribution in [2.75, 3.05) is 50.7 Å². The number of anilines is 2. The fourth-order valence-corrected chi connectivity index (χ4v) is 4.77. The number of aromatic nitrogens is 3. The number of halogens is 1. The summed E-state index contributed by atoms with van der Waals surface area (Å²) in [5.74, 6) is 2.22. The van der Waals surface area contributed by atoms with Crippen molar-refractivity contribution in [3.8, 4) is 11.1 Å². The predicted octanol–water partition coefficient (Wildman–Crippen LogP) is 3.99. The van der Waals surface area contributed by atoms with Gasteiger partial charge in [-0.15, -0.1) is 5.10 Å². The van der Waals surface area contributed by atoms with Crippen molar-refractivity contribution in [2.24, 2.45) is 5.92 Å². The van der Waals surface area contributed by atoms with E-state index >= 15 is 0 Å². The first-order chi connectivity index (χ1) is 16.2. The molecule has 1 aliphatic carbocycles. The van der Waals surface area contributed by atoms with Crippen LogP contribution in [0.2, 0.25) is 5.02 Å². The number of nitrogens with one attached hydrogen (secondary N) is 3. The average Bonchev–Trinajstić information content (AvgIpc) is 2.86. The van der Waals surface area contributed by atoms with Gasteiger partial charge >= 0.3 is 0 Å². The Kier molecular flexibility index (Phi) is 9.11. The Bertz CT molecular complexity index is 872. The van der Waals surface area contributed by atoms with Crippen molar-refractivity contribution in [3.05, 3.63) is 29.5 Å². The molecule has 2 fully saturated rings. The van der Waals surface area contributed by atoms with Crippen LogP contribution in [0.25, 0.3) is 11.1 Å². The topological polar surface area (TPSA) is 93.2 Å². The summed E-state index contributed by atoms with van der Waals surface area (Å²) >= 11 is 6.51. The minimum absolute atomic E-state index is 0.416. The molecule has 3 heterocycles. The van der Waals surface area contributed by atoms with Gasteiger partial charge in [0.25, 0.3) is 0 Å². The molecule has 3 N–H and O–H groups in total. The third kappa shape index (κ3) is 7.24. The summed E-state index contributed by atoms with van der Waals surface area (Å²) in [6.07, 6.45) is 10.2. The molecule has 1 saturated heterocycles. The van der Waals surface area contributed by atoms with Gasteiger partial charge in [0.05, 0.1) is 17.8 Å². The van der Waals surface area contributed by atoms with Gasteiger partial charge in [0, 0.05) is 62.8 Å². The Morgan fingerprint density at radius 1 is 1.03 bits per heavy atom. The summed E-state index contributed by atoms with van der Waals surface area (Å²) in [7, 11) is 1.74. The Morgan fingerprint density at radius 3 is 2.61 bits per heavy atom. The van der Waals surface area contributed by atoms with Crippen LogP contribution in [0.3, 0.4) is 0 Å². The van der Waals surface area contributed by atoms with E-state index in [0.29, 0.717) is 23.0 Å². The average molecular weight is 475 g/mol. The van der Waals surface area contributed by atoms with Gasteiger partial charge in [-0.05, 0) is 56.6 Å². The van der Waals surface area contributed by atoms with Crippen molar-refractivity contribution in [2.45, 2.75) is 50.6 Å². The first-order valence-electron chi connectivity index (χ1n) is 12.0. The van der Waals surface area contributed by atoms with E-state index in [1.807, 2.05) is 12.1 Å². The van der Waals surface area contributed by atoms with E-state index in [0.717, 1.165) is 94.2 Å². The Labute approximate surface area is 201 Å². The predicted molar refractivity (Wildman–Crippen MR) is 132 cm³/mol. The zero-order chi connectivity index (χ0) is 22.9. The number of methoxy groups -OCH3 is 1. The highest BCUT2D eigenvalue weighted by Gasteiger charge is 2.21. The highest BCUT2D eigenvalue weighted by molar-refractivity contribution is 6.33. The minimum atomic E-state index is 0.416. The second kappa shape index (κ2) is 12.5. The van der Waals surface area contributed by atoms with Crippen LogP contribution >= 0.6 is 11.6 Å². The molecular weight excluding hydrogens is 440 g/mol. The maximum atomic E-state index is 6.51. The lowest BCUT2D eigenvalue weighted by Gasteiger charge is -2.30. The molecule has 2 aliphatic rings. The molecular formula is C24H35ClN6O2. The number of rotatable bonds is 10. The van der Waals surface area contributed by atoms with Gasteiger partial charge in [-0.25, -0.2) is 4.98 Å². The van der Waals surface area contributed by atoms with E-state index in [1.54, 1.807) is 19.5 Å². The Hall–Kier alpha value is -2.00. The van der Waals surface area contributed by atoms with E-state index < -0.39 is 0 Å². The summed E-state index contributed by atoms with van der Waals surface area (Å²) in [5.41, 5.74) is 1.84. The second-order valence-corrected chi connectivity index (χ2v) is 9.36. The maximum absolute atomic E-state index is 6.51. The molecule has 0 amide bonds. The number of ether oxygens (including phenoxy) is 2. The fraction of sp³-hybridized carbons (Fsp3) is 0.625. The van der Waals surface area contributed by atoms with Crippen molar-refractivity contribution in [1.29, 1.82) is 0 Å². The largest absolute Gasteiger partial charge is 0.383 e. The molecule has 1 saturated carbocycles. The first kappa shape index (κ1) is 24.1. The highest BCUT2D eigenvalue weighted by Crippen LogP contribution is 2.31. The van der Waals surface area contributed by atoms with E-state index in [-0.39, 0.29) is 0 Å². The summed E-state index contributed by atoms with van der Waals surface area (Å²) < 4.78 is 10.6. The molecule has 8 nitrogen and oxygen atoms in total. The molecule has 0 atom stereocenters. The van der Waals surface area contributed by atoms with E-state index in [4.69, 9.17) is 21.1 Å². The summed E-state index contributed by atoms with van der Waals surface area (Å²) in [6, 6.07) is 5.01. The zero-order valence-electron chi connectivity index (χ0n) is 19.4. The molecule has 33 heavy (non-hydrogen) atoms. The molecule has 0 aromatic carbocycles. The molecule has 0 unspecified atom stereocenters. The van der Waals surface area contributed by atoms with Crippen LogP contribution in [0, 0.1) is 5.92 Å². The van der Waals surface area contributed by atoms with Crippen LogP contribution in [0.4, 0.5) is 11.6 Å². The van der Waals surface area contributed by atoms with Gasteiger partial charge in [0.1, 0.15) is 11.6 Å². The summed E-state index contributed by atoms with van der Waals surface area (Å²) in [4.78, 5) is 4.52. The smallest absolute Gasteiger partial charge is 0.149 e. The normalized spacial score (nSPS) is 21.6. The maximum Gasteiger partial charge on any atom is 0.149 e. The molecule has 2 aromatic heterocycles. The van der Waals surface area contributed by atoms with Crippen LogP contribution < -0.4 is 16.0 Å². The second-order valence-electron chi connectivity index (χ2n) is 8.96. The summed E-state index contributed by atoms with van der Waals surface area (Å²) in [5, 5.41) is 19.7. The van der Waals surface area contributed by atoms with Gasteiger partial charge in [0.15, 0.2) is 0 Å². The molecule has 1 aliphatic heterocycles. The lowest BCUT2D eigenvalue weighted by molar-refractivity contribution is 0.0699. The molecule has 4 rings (SSSR count). The summed E-state index contributed by atoms with van der Waals surface area (Å²) in [6.45, 7) is 4.22. The standard InChI is InChI=1S/C24H35ClN6O2/c1-32-11-8-26-19-2-4-20(5-3-19)30-23-13-21(22(25)16-28-23)18-12-24(31-29-15-18)27-14-17-6-9-33-10-7-17/h12-13,15-17,19-20,26H,2-11,14H2,1H3,(H,27,31)(H,28,30). The van der Waals surface area contributed by atoms with Crippen molar-refractivity contribution in [3.63, 3.8) is 0 Å². The third-order valence-electron chi connectivity index (χ3n) is 6.55. The van der Waals surface area contributed by atoms with Crippen molar-refractivity contribution in [1.82, 2.24) is 20.5 Å². The quantitative estimate of drug-likeness (QED) is 0.445. The van der Waals surface area contributed by atoms with Crippen LogP contribution in [0.5, 0.6) is 0 Å². The number of hydrogen-bond donors (Lipinski definition) is 3. The number of nitrogens with zero attached hydrogens (tertiary/aromatic N) is 3. The van der Waals surface area contributed by atoms with Gasteiger partial charge in [-0.2, -0.15) is 5.10 Å². The first-order valence-corrected chi connectivity index (χ1v) is 12.4. The molecule has 0 spiro atoms. The lowest BCUT2D eigenvalue weighted by Crippen LogP contribution is -2.38. The van der Waals surface area contributed by atoms with Crippen molar-refractivity contribution < 1.29 is 9.47 Å². The van der Waals surface area contributed by atoms with Gasteiger partial charge in [-0.1, -0.05) is 11.6 Å². The molecule has 0 bridgehead atoms. The Morgan fingerprint density at radius 2 is 1.82 bits per heavy atom. The van der Waals surface area contributed by atoms with Gasteiger partial charge in [-0.3, -0.25) is 0 Å². The zero-order valence-corrected chi connectivity index (χ0v) is 20.1. The van der Waals surface area contributed by atoms with Crippen molar-refractivity contribution >= 4 is 23.2 Å². The molecule has 180 valence electrons. The SMILES string of the molecule is COCCNC1CCC(Nc2cc(-c3cnnc(NCC4CCOCC4)c3)c(Cl)cn2)CC1. The van der Waals surface area contributed by atoms with Crippen LogP contribution in [-0.2, 0) is 9.47 Å². The Balaban J connectivity index is 1.34. The molecule has 2 aromatic rings. The number of pyridine rings is 1.